The molecule has 0 radical (unpaired) electrons. The van der Waals surface area contributed by atoms with Crippen molar-refractivity contribution in [3.8, 4) is 0 Å². The van der Waals surface area contributed by atoms with Crippen LogP contribution in [0.3, 0.4) is 0 Å². The molecule has 0 amide bonds. The first-order valence-corrected chi connectivity index (χ1v) is 3.01. The zero-order chi connectivity index (χ0) is 6.97. The van der Waals surface area contributed by atoms with E-state index in [0.29, 0.717) is 11.2 Å². The second-order valence-electron chi connectivity index (χ2n) is 1.79. The van der Waals surface area contributed by atoms with Crippen molar-refractivity contribution < 1.29 is 52.8 Å². The normalized spacial score (nSPS) is 9.55. The van der Waals surface area contributed by atoms with Crippen LogP contribution in [0.4, 0.5) is 0 Å². The zero-order valence-electron chi connectivity index (χ0n) is 6.90. The van der Waals surface area contributed by atoms with Crippen LogP contribution in [0, 0.1) is 0 Å². The van der Waals surface area contributed by atoms with Gasteiger partial charge in [-0.15, -0.1) is 0 Å². The van der Waals surface area contributed by atoms with Crippen LogP contribution in [0.2, 0.25) is 0 Å². The molecule has 0 aliphatic heterocycles. The average Bonchev–Trinajstić information content (AvgIpc) is 2.34. The number of halogens is 1. The molecule has 11 heavy (non-hydrogen) atoms. The fourth-order valence-corrected chi connectivity index (χ4v) is 0.913. The number of nitrogens with zero attached hydrogens (tertiary/aromatic N) is 4. The molecule has 0 N–H and O–H groups in total. The summed E-state index contributed by atoms with van der Waals surface area (Å²) in [6.45, 7) is 0. The number of rotatable bonds is 0. The van der Waals surface area contributed by atoms with Crippen molar-refractivity contribution in [3.05, 3.63) is 18.9 Å². The summed E-state index contributed by atoms with van der Waals surface area (Å²) in [5.74, 6) is 0. The first-order chi connectivity index (χ1) is 4.88. The van der Waals surface area contributed by atoms with Crippen LogP contribution in [0.15, 0.2) is 18.9 Å². The molecule has 0 saturated carbocycles. The Morgan fingerprint density at radius 2 is 2.27 bits per heavy atom. The van der Waals surface area contributed by atoms with Crippen LogP contribution in [-0.4, -0.2) is 19.0 Å². The van der Waals surface area contributed by atoms with E-state index in [1.807, 2.05) is 0 Å². The van der Waals surface area contributed by atoms with Gasteiger partial charge in [-0.2, -0.15) is 0 Å². The van der Waals surface area contributed by atoms with Gasteiger partial charge in [-0.05, 0) is 0 Å². The number of aromatic nitrogens is 4. The quantitative estimate of drug-likeness (QED) is 0.454. The van der Waals surface area contributed by atoms with E-state index < -0.39 is 0 Å². The van der Waals surface area contributed by atoms with E-state index in [9.17, 15) is 0 Å². The average molecular weight is 195 g/mol. The van der Waals surface area contributed by atoms with Gasteiger partial charge in [-0.25, -0.2) is 19.0 Å². The number of hydrogen-bond acceptors (Lipinski definition) is 3. The molecule has 0 atom stereocenters. The third-order valence-corrected chi connectivity index (χ3v) is 1.42. The van der Waals surface area contributed by atoms with Gasteiger partial charge < -0.3 is 1.43 Å². The molecule has 2 aromatic heterocycles. The summed E-state index contributed by atoms with van der Waals surface area (Å²) in [5.41, 5.74) is 1.34. The predicted molar refractivity (Wildman–Crippen MR) is 37.7 cm³/mol. The Hall–Kier alpha value is 0.476. The summed E-state index contributed by atoms with van der Waals surface area (Å²) in [6.07, 6.45) is 4.53. The Kier molecular flexibility index (Phi) is 3.41. The maximum atomic E-state index is 5.64. The molecule has 0 spiro atoms. The molecule has 2 heterocycles. The first kappa shape index (κ1) is 9.56. The van der Waals surface area contributed by atoms with Crippen LogP contribution < -0.4 is 51.4 Å². The molecule has 0 fully saturated rings. The van der Waals surface area contributed by atoms with Crippen molar-refractivity contribution in [1.82, 2.24) is 19.0 Å². The smallest absolute Gasteiger partial charge is 1.00 e. The molecule has 2 aromatic rings. The van der Waals surface area contributed by atoms with Crippen molar-refractivity contribution in [3.63, 3.8) is 0 Å². The van der Waals surface area contributed by atoms with Crippen LogP contribution in [0.5, 0.6) is 0 Å². The largest absolute Gasteiger partial charge is 1.00 e. The third-order valence-electron chi connectivity index (χ3n) is 1.17. The van der Waals surface area contributed by atoms with E-state index in [1.54, 1.807) is 6.20 Å². The molecule has 0 aliphatic carbocycles. The minimum absolute atomic E-state index is 0. The summed E-state index contributed by atoms with van der Waals surface area (Å²) in [4.78, 5) is 11.6. The van der Waals surface area contributed by atoms with Gasteiger partial charge in [0.25, 0.3) is 0 Å². The van der Waals surface area contributed by atoms with Gasteiger partial charge in [0.1, 0.15) is 18.2 Å². The summed E-state index contributed by atoms with van der Waals surface area (Å²) in [5, 5.41) is 0. The minimum Gasteiger partial charge on any atom is -1.00 e. The maximum Gasteiger partial charge on any atom is 1.00 e. The predicted octanol–water partition coefficient (Wildman–Crippen LogP) is -2.06. The van der Waals surface area contributed by atoms with Crippen molar-refractivity contribution in [1.29, 1.82) is 0 Å². The van der Waals surface area contributed by atoms with E-state index in [1.165, 1.54) is 16.7 Å². The van der Waals surface area contributed by atoms with Gasteiger partial charge >= 0.3 is 51.4 Å². The molecule has 52 valence electrons. The van der Waals surface area contributed by atoms with Crippen molar-refractivity contribution >= 4 is 22.9 Å². The minimum atomic E-state index is 0. The van der Waals surface area contributed by atoms with Gasteiger partial charge in [0.05, 0.1) is 6.20 Å². The standard InChI is InChI=1S/C5H3ClN4.K.H/c6-10-3-9-4-1-7-2-8-5(4)10;;/h1-3H;;/q;+1;-1. The Morgan fingerprint density at radius 3 is 3.00 bits per heavy atom. The van der Waals surface area contributed by atoms with E-state index in [-0.39, 0.29) is 52.8 Å². The van der Waals surface area contributed by atoms with E-state index >= 15 is 0 Å². The third kappa shape index (κ3) is 1.80. The van der Waals surface area contributed by atoms with Crippen LogP contribution in [-0.2, 0) is 0 Å². The fraction of sp³-hybridized carbons (Fsp3) is 0. The summed E-state index contributed by atoms with van der Waals surface area (Å²) in [7, 11) is 0. The second kappa shape index (κ2) is 3.93. The van der Waals surface area contributed by atoms with Gasteiger partial charge in [0, 0.05) is 11.8 Å². The summed E-state index contributed by atoms with van der Waals surface area (Å²) >= 11 is 5.64. The zero-order valence-corrected chi connectivity index (χ0v) is 9.78. The molecule has 6 heteroatoms. The van der Waals surface area contributed by atoms with Crippen LogP contribution >= 0.6 is 11.8 Å². The maximum absolute atomic E-state index is 5.64. The molecular formula is C5H4ClKN4. The Labute approximate surface area is 112 Å². The van der Waals surface area contributed by atoms with Gasteiger partial charge in [-0.1, -0.05) is 0 Å². The number of imidazole rings is 1. The molecule has 2 rings (SSSR count). The first-order valence-electron chi connectivity index (χ1n) is 2.67. The fourth-order valence-electron chi connectivity index (χ4n) is 0.739. The SMILES string of the molecule is Cln1cnc2cncnc21.[H-].[K+]. The van der Waals surface area contributed by atoms with E-state index in [2.05, 4.69) is 15.0 Å². The topological polar surface area (TPSA) is 43.6 Å². The molecule has 0 unspecified atom stereocenters. The Bertz CT molecular complexity index is 365. The molecule has 4 nitrogen and oxygen atoms in total. The van der Waals surface area contributed by atoms with E-state index in [4.69, 9.17) is 11.8 Å². The number of fused-ring (bicyclic) bond motifs is 1. The molecule has 0 aliphatic rings. The van der Waals surface area contributed by atoms with Gasteiger partial charge in [-0.3, -0.25) is 0 Å². The van der Waals surface area contributed by atoms with Crippen molar-refractivity contribution in [2.24, 2.45) is 0 Å². The van der Waals surface area contributed by atoms with E-state index in [0.717, 1.165) is 0 Å². The molecule has 0 aromatic carbocycles. The molecular weight excluding hydrogens is 191 g/mol. The molecule has 0 bridgehead atoms. The van der Waals surface area contributed by atoms with Crippen molar-refractivity contribution in [2.45, 2.75) is 0 Å². The Morgan fingerprint density at radius 1 is 1.45 bits per heavy atom. The van der Waals surface area contributed by atoms with Gasteiger partial charge in [0.2, 0.25) is 0 Å². The molecule has 0 saturated heterocycles. The Balaban J connectivity index is 0.000000605. The van der Waals surface area contributed by atoms with Gasteiger partial charge in [0.15, 0.2) is 5.65 Å². The van der Waals surface area contributed by atoms with Crippen LogP contribution in [0.25, 0.3) is 11.2 Å². The summed E-state index contributed by atoms with van der Waals surface area (Å²) in [6, 6.07) is 0. The summed E-state index contributed by atoms with van der Waals surface area (Å²) < 4.78 is 1.33. The number of hydrogen-bond donors (Lipinski definition) is 0. The van der Waals surface area contributed by atoms with Crippen LogP contribution in [0.1, 0.15) is 1.43 Å². The monoisotopic (exact) mass is 194 g/mol. The van der Waals surface area contributed by atoms with Crippen molar-refractivity contribution in [2.75, 3.05) is 0 Å². The second-order valence-corrected chi connectivity index (χ2v) is 2.15.